The SMILES string of the molecule is Cc1ccc(C2CN=C(C3CCCN3)O2)cc1. The van der Waals surface area contributed by atoms with Gasteiger partial charge in [0, 0.05) is 0 Å². The molecule has 1 aromatic rings. The predicted octanol–water partition coefficient (Wildman–Crippen LogP) is 2.22. The van der Waals surface area contributed by atoms with Crippen LogP contribution in [0.2, 0.25) is 0 Å². The summed E-state index contributed by atoms with van der Waals surface area (Å²) < 4.78 is 5.96. The first-order valence-electron chi connectivity index (χ1n) is 6.34. The van der Waals surface area contributed by atoms with Crippen molar-refractivity contribution in [1.82, 2.24) is 5.32 Å². The molecule has 1 fully saturated rings. The first kappa shape index (κ1) is 10.8. The van der Waals surface area contributed by atoms with Crippen molar-refractivity contribution in [3.05, 3.63) is 35.4 Å². The second-order valence-electron chi connectivity index (χ2n) is 4.85. The molecule has 1 N–H and O–H groups in total. The Balaban J connectivity index is 1.67. The summed E-state index contributed by atoms with van der Waals surface area (Å²) in [6, 6.07) is 8.89. The Morgan fingerprint density at radius 3 is 2.82 bits per heavy atom. The van der Waals surface area contributed by atoms with E-state index >= 15 is 0 Å². The first-order chi connectivity index (χ1) is 8.33. The molecule has 1 aromatic carbocycles. The van der Waals surface area contributed by atoms with Crippen LogP contribution < -0.4 is 5.32 Å². The molecule has 17 heavy (non-hydrogen) atoms. The molecule has 0 radical (unpaired) electrons. The summed E-state index contributed by atoms with van der Waals surface area (Å²) >= 11 is 0. The zero-order valence-corrected chi connectivity index (χ0v) is 10.1. The van der Waals surface area contributed by atoms with Gasteiger partial charge in [0.25, 0.3) is 0 Å². The molecule has 3 heteroatoms. The summed E-state index contributed by atoms with van der Waals surface area (Å²) in [7, 11) is 0. The van der Waals surface area contributed by atoms with Crippen molar-refractivity contribution in [1.29, 1.82) is 0 Å². The smallest absolute Gasteiger partial charge is 0.201 e. The summed E-state index contributed by atoms with van der Waals surface area (Å²) in [5.41, 5.74) is 2.51. The van der Waals surface area contributed by atoms with Gasteiger partial charge in [0.2, 0.25) is 5.90 Å². The molecule has 0 amide bonds. The van der Waals surface area contributed by atoms with Gasteiger partial charge >= 0.3 is 0 Å². The maximum Gasteiger partial charge on any atom is 0.201 e. The van der Waals surface area contributed by atoms with E-state index in [1.165, 1.54) is 17.5 Å². The van der Waals surface area contributed by atoms with Crippen LogP contribution >= 0.6 is 0 Å². The Morgan fingerprint density at radius 1 is 1.29 bits per heavy atom. The number of aliphatic imine (C=N–C) groups is 1. The third kappa shape index (κ3) is 2.20. The number of nitrogens with zero attached hydrogens (tertiary/aromatic N) is 1. The normalized spacial score (nSPS) is 27.9. The van der Waals surface area contributed by atoms with E-state index in [9.17, 15) is 0 Å². The first-order valence-corrected chi connectivity index (χ1v) is 6.34. The van der Waals surface area contributed by atoms with E-state index in [-0.39, 0.29) is 6.10 Å². The fraction of sp³-hybridized carbons (Fsp3) is 0.500. The zero-order chi connectivity index (χ0) is 11.7. The molecular formula is C14H18N2O. The molecule has 2 atom stereocenters. The molecule has 0 spiro atoms. The summed E-state index contributed by atoms with van der Waals surface area (Å²) in [5, 5.41) is 3.42. The molecule has 3 nitrogen and oxygen atoms in total. The summed E-state index contributed by atoms with van der Waals surface area (Å²) in [6.45, 7) is 3.95. The summed E-state index contributed by atoms with van der Waals surface area (Å²) in [4.78, 5) is 4.53. The zero-order valence-electron chi connectivity index (χ0n) is 10.1. The Labute approximate surface area is 102 Å². The van der Waals surface area contributed by atoms with Gasteiger partial charge in [0.05, 0.1) is 12.6 Å². The molecule has 0 aromatic heterocycles. The highest BCUT2D eigenvalue weighted by Crippen LogP contribution is 2.25. The Morgan fingerprint density at radius 2 is 2.12 bits per heavy atom. The topological polar surface area (TPSA) is 33.6 Å². The molecule has 0 saturated carbocycles. The quantitative estimate of drug-likeness (QED) is 0.845. The minimum atomic E-state index is 0.119. The van der Waals surface area contributed by atoms with Gasteiger partial charge in [-0.3, -0.25) is 0 Å². The largest absolute Gasteiger partial charge is 0.470 e. The molecule has 3 rings (SSSR count). The number of hydrogen-bond acceptors (Lipinski definition) is 3. The second-order valence-corrected chi connectivity index (χ2v) is 4.85. The van der Waals surface area contributed by atoms with Crippen LogP contribution in [0.4, 0.5) is 0 Å². The van der Waals surface area contributed by atoms with Crippen LogP contribution in [0.25, 0.3) is 0 Å². The van der Waals surface area contributed by atoms with Gasteiger partial charge in [0.1, 0.15) is 6.10 Å². The average Bonchev–Trinajstić information content (AvgIpc) is 3.00. The molecule has 2 heterocycles. The Hall–Kier alpha value is -1.35. The lowest BCUT2D eigenvalue weighted by molar-refractivity contribution is 0.219. The molecule has 1 saturated heterocycles. The van der Waals surface area contributed by atoms with Gasteiger partial charge < -0.3 is 10.1 Å². The van der Waals surface area contributed by atoms with Crippen LogP contribution in [-0.4, -0.2) is 25.0 Å². The molecule has 2 aliphatic rings. The number of rotatable bonds is 2. The number of aryl methyl sites for hydroxylation is 1. The van der Waals surface area contributed by atoms with Crippen molar-refractivity contribution in [2.24, 2.45) is 4.99 Å². The van der Waals surface area contributed by atoms with Crippen LogP contribution in [0.15, 0.2) is 29.3 Å². The standard InChI is InChI=1S/C14H18N2O/c1-10-4-6-11(7-5-10)13-9-16-14(17-13)12-3-2-8-15-12/h4-7,12-13,15H,2-3,8-9H2,1H3. The third-order valence-corrected chi connectivity index (χ3v) is 3.48. The lowest BCUT2D eigenvalue weighted by Gasteiger charge is -2.15. The van der Waals surface area contributed by atoms with Crippen molar-refractivity contribution in [2.75, 3.05) is 13.1 Å². The molecule has 2 unspecified atom stereocenters. The van der Waals surface area contributed by atoms with Gasteiger partial charge in [-0.05, 0) is 31.9 Å². The average molecular weight is 230 g/mol. The lowest BCUT2D eigenvalue weighted by atomic mass is 10.1. The van der Waals surface area contributed by atoms with Gasteiger partial charge in [-0.25, -0.2) is 4.99 Å². The van der Waals surface area contributed by atoms with Gasteiger partial charge in [0.15, 0.2) is 0 Å². The number of nitrogens with one attached hydrogen (secondary N) is 1. The maximum absolute atomic E-state index is 5.96. The molecule has 0 bridgehead atoms. The van der Waals surface area contributed by atoms with Crippen LogP contribution in [-0.2, 0) is 4.74 Å². The van der Waals surface area contributed by atoms with Crippen LogP contribution in [0.1, 0.15) is 30.1 Å². The van der Waals surface area contributed by atoms with E-state index in [1.54, 1.807) is 0 Å². The Bertz CT molecular complexity index is 418. The van der Waals surface area contributed by atoms with E-state index in [0.29, 0.717) is 6.04 Å². The van der Waals surface area contributed by atoms with Crippen LogP contribution in [0.5, 0.6) is 0 Å². The van der Waals surface area contributed by atoms with E-state index in [0.717, 1.165) is 25.4 Å². The number of ether oxygens (including phenoxy) is 1. The van der Waals surface area contributed by atoms with Crippen molar-refractivity contribution >= 4 is 5.90 Å². The van der Waals surface area contributed by atoms with Crippen molar-refractivity contribution < 1.29 is 4.74 Å². The molecular weight excluding hydrogens is 212 g/mol. The molecule has 90 valence electrons. The minimum absolute atomic E-state index is 0.119. The fourth-order valence-corrected chi connectivity index (χ4v) is 2.44. The highest BCUT2D eigenvalue weighted by atomic mass is 16.5. The highest BCUT2D eigenvalue weighted by molar-refractivity contribution is 5.83. The molecule has 2 aliphatic heterocycles. The van der Waals surface area contributed by atoms with Gasteiger partial charge in [-0.2, -0.15) is 0 Å². The van der Waals surface area contributed by atoms with E-state index < -0.39 is 0 Å². The van der Waals surface area contributed by atoms with Crippen molar-refractivity contribution in [3.8, 4) is 0 Å². The minimum Gasteiger partial charge on any atom is -0.470 e. The van der Waals surface area contributed by atoms with Gasteiger partial charge in [-0.1, -0.05) is 29.8 Å². The predicted molar refractivity (Wildman–Crippen MR) is 68.3 cm³/mol. The third-order valence-electron chi connectivity index (χ3n) is 3.48. The monoisotopic (exact) mass is 230 g/mol. The Kier molecular flexibility index (Phi) is 2.85. The maximum atomic E-state index is 5.96. The van der Waals surface area contributed by atoms with Crippen molar-refractivity contribution in [2.45, 2.75) is 31.9 Å². The summed E-state index contributed by atoms with van der Waals surface area (Å²) in [5.74, 6) is 0.910. The van der Waals surface area contributed by atoms with E-state index in [2.05, 4.69) is 41.5 Å². The van der Waals surface area contributed by atoms with E-state index in [1.807, 2.05) is 0 Å². The summed E-state index contributed by atoms with van der Waals surface area (Å²) in [6.07, 6.45) is 2.50. The molecule has 0 aliphatic carbocycles. The van der Waals surface area contributed by atoms with E-state index in [4.69, 9.17) is 4.74 Å². The van der Waals surface area contributed by atoms with Crippen molar-refractivity contribution in [3.63, 3.8) is 0 Å². The lowest BCUT2D eigenvalue weighted by Crippen LogP contribution is -2.31. The second kappa shape index (κ2) is 4.49. The fourth-order valence-electron chi connectivity index (χ4n) is 2.44. The van der Waals surface area contributed by atoms with Crippen LogP contribution in [0, 0.1) is 6.92 Å². The van der Waals surface area contributed by atoms with Gasteiger partial charge in [-0.15, -0.1) is 0 Å². The number of hydrogen-bond donors (Lipinski definition) is 1. The van der Waals surface area contributed by atoms with Crippen LogP contribution in [0.3, 0.4) is 0 Å². The highest BCUT2D eigenvalue weighted by Gasteiger charge is 2.29. The number of benzene rings is 1.